The van der Waals surface area contributed by atoms with E-state index >= 15 is 0 Å². The first kappa shape index (κ1) is 17.0. The van der Waals surface area contributed by atoms with Gasteiger partial charge in [0, 0.05) is 13.1 Å². The average molecular weight is 351 g/mol. The van der Waals surface area contributed by atoms with Crippen molar-refractivity contribution in [1.82, 2.24) is 10.1 Å². The number of rotatable bonds is 2. The molecule has 128 valence electrons. The molecule has 1 fully saturated rings. The standard InChI is InChI=1S/C18H20ClFN2O2/c1-10-7-11(2)9-22(8-10)18(23)15-12(3)24-21-17(15)16-13(19)5-4-6-14(16)20/h4-6,10-11H,7-9H2,1-3H3. The Hall–Kier alpha value is -1.88. The minimum atomic E-state index is -0.523. The van der Waals surface area contributed by atoms with Crippen molar-refractivity contribution >= 4 is 17.5 Å². The normalized spacial score (nSPS) is 21.1. The van der Waals surface area contributed by atoms with Crippen LogP contribution in [0.4, 0.5) is 4.39 Å². The molecule has 4 nitrogen and oxygen atoms in total. The number of carbonyl (C=O) groups is 1. The van der Waals surface area contributed by atoms with E-state index in [0.717, 1.165) is 6.42 Å². The number of aromatic nitrogens is 1. The molecule has 2 aromatic rings. The van der Waals surface area contributed by atoms with Crippen molar-refractivity contribution in [2.45, 2.75) is 27.2 Å². The monoisotopic (exact) mass is 350 g/mol. The third kappa shape index (κ3) is 3.05. The lowest BCUT2D eigenvalue weighted by atomic mass is 9.91. The molecule has 2 heterocycles. The Balaban J connectivity index is 2.03. The minimum Gasteiger partial charge on any atom is -0.360 e. The highest BCUT2D eigenvalue weighted by Gasteiger charge is 2.32. The molecule has 0 saturated carbocycles. The zero-order chi connectivity index (χ0) is 17.4. The van der Waals surface area contributed by atoms with Gasteiger partial charge in [0.2, 0.25) is 0 Å². The molecule has 1 aromatic heterocycles. The van der Waals surface area contributed by atoms with Crippen LogP contribution in [-0.2, 0) is 0 Å². The number of hydrogen-bond donors (Lipinski definition) is 0. The Kier molecular flexibility index (Phi) is 4.63. The van der Waals surface area contributed by atoms with Gasteiger partial charge in [0.1, 0.15) is 22.8 Å². The molecule has 6 heteroatoms. The Labute approximate surface area is 145 Å². The third-order valence-electron chi connectivity index (χ3n) is 4.43. The van der Waals surface area contributed by atoms with E-state index < -0.39 is 5.82 Å². The van der Waals surface area contributed by atoms with Crippen LogP contribution in [0.1, 0.15) is 36.4 Å². The molecule has 0 N–H and O–H groups in total. The minimum absolute atomic E-state index is 0.109. The smallest absolute Gasteiger partial charge is 0.259 e. The molecular formula is C18H20ClFN2O2. The number of amides is 1. The van der Waals surface area contributed by atoms with Gasteiger partial charge in [-0.3, -0.25) is 4.79 Å². The number of aryl methyl sites for hydroxylation is 1. The summed E-state index contributed by atoms with van der Waals surface area (Å²) in [6.45, 7) is 7.28. The highest BCUT2D eigenvalue weighted by Crippen LogP contribution is 2.34. The van der Waals surface area contributed by atoms with Crippen LogP contribution < -0.4 is 0 Å². The van der Waals surface area contributed by atoms with Crippen molar-refractivity contribution in [3.05, 3.63) is 40.4 Å². The Morgan fingerprint density at radius 1 is 1.33 bits per heavy atom. The van der Waals surface area contributed by atoms with Gasteiger partial charge in [0.05, 0.1) is 10.6 Å². The van der Waals surface area contributed by atoms with E-state index in [0.29, 0.717) is 36.2 Å². The molecular weight excluding hydrogens is 331 g/mol. The van der Waals surface area contributed by atoms with Crippen LogP contribution in [-0.4, -0.2) is 29.1 Å². The summed E-state index contributed by atoms with van der Waals surface area (Å²) >= 11 is 6.14. The summed E-state index contributed by atoms with van der Waals surface area (Å²) in [7, 11) is 0. The number of hydrogen-bond acceptors (Lipinski definition) is 3. The molecule has 1 saturated heterocycles. The average Bonchev–Trinajstić information content (AvgIpc) is 2.87. The molecule has 0 aliphatic carbocycles. The van der Waals surface area contributed by atoms with Gasteiger partial charge in [-0.15, -0.1) is 0 Å². The van der Waals surface area contributed by atoms with E-state index in [9.17, 15) is 9.18 Å². The lowest BCUT2D eigenvalue weighted by molar-refractivity contribution is 0.0622. The van der Waals surface area contributed by atoms with Crippen LogP contribution in [0.5, 0.6) is 0 Å². The van der Waals surface area contributed by atoms with E-state index in [-0.39, 0.29) is 22.2 Å². The first-order chi connectivity index (χ1) is 11.4. The number of carbonyl (C=O) groups excluding carboxylic acids is 1. The van der Waals surface area contributed by atoms with Crippen molar-refractivity contribution < 1.29 is 13.7 Å². The largest absolute Gasteiger partial charge is 0.360 e. The van der Waals surface area contributed by atoms with Crippen LogP contribution in [0, 0.1) is 24.6 Å². The maximum atomic E-state index is 14.3. The molecule has 1 aromatic carbocycles. The number of benzene rings is 1. The quantitative estimate of drug-likeness (QED) is 0.797. The zero-order valence-corrected chi connectivity index (χ0v) is 14.7. The Bertz CT molecular complexity index is 744. The predicted octanol–water partition coefficient (Wildman–Crippen LogP) is 4.56. The summed E-state index contributed by atoms with van der Waals surface area (Å²) in [5.74, 6) is 0.531. The van der Waals surface area contributed by atoms with Gasteiger partial charge in [-0.25, -0.2) is 4.39 Å². The molecule has 2 unspecified atom stereocenters. The van der Waals surface area contributed by atoms with Gasteiger partial charge < -0.3 is 9.42 Å². The van der Waals surface area contributed by atoms with Crippen LogP contribution in [0.25, 0.3) is 11.3 Å². The van der Waals surface area contributed by atoms with Gasteiger partial charge in [-0.05, 0) is 37.3 Å². The summed E-state index contributed by atoms with van der Waals surface area (Å²) in [6.07, 6.45) is 1.10. The topological polar surface area (TPSA) is 46.3 Å². The predicted molar refractivity (Wildman–Crippen MR) is 90.5 cm³/mol. The maximum absolute atomic E-state index is 14.3. The maximum Gasteiger partial charge on any atom is 0.259 e. The summed E-state index contributed by atoms with van der Waals surface area (Å²) in [4.78, 5) is 14.9. The van der Waals surface area contributed by atoms with E-state index in [4.69, 9.17) is 16.1 Å². The molecule has 1 aliphatic heterocycles. The highest BCUT2D eigenvalue weighted by molar-refractivity contribution is 6.33. The molecule has 0 radical (unpaired) electrons. The first-order valence-electron chi connectivity index (χ1n) is 8.08. The summed E-state index contributed by atoms with van der Waals surface area (Å²) < 4.78 is 19.5. The highest BCUT2D eigenvalue weighted by atomic mass is 35.5. The first-order valence-corrected chi connectivity index (χ1v) is 8.46. The van der Waals surface area contributed by atoms with Crippen molar-refractivity contribution in [2.24, 2.45) is 11.8 Å². The number of piperidine rings is 1. The van der Waals surface area contributed by atoms with E-state index in [1.54, 1.807) is 17.9 Å². The molecule has 0 bridgehead atoms. The summed E-state index contributed by atoms with van der Waals surface area (Å²) in [5.41, 5.74) is 0.576. The van der Waals surface area contributed by atoms with Crippen molar-refractivity contribution in [3.63, 3.8) is 0 Å². The van der Waals surface area contributed by atoms with Crippen molar-refractivity contribution in [2.75, 3.05) is 13.1 Å². The Morgan fingerprint density at radius 3 is 2.62 bits per heavy atom. The van der Waals surface area contributed by atoms with Crippen LogP contribution in [0.2, 0.25) is 5.02 Å². The molecule has 1 aliphatic rings. The van der Waals surface area contributed by atoms with Crippen LogP contribution >= 0.6 is 11.6 Å². The fourth-order valence-electron chi connectivity index (χ4n) is 3.51. The number of halogens is 2. The second-order valence-electron chi connectivity index (χ2n) is 6.72. The van der Waals surface area contributed by atoms with E-state index in [1.807, 2.05) is 0 Å². The molecule has 3 rings (SSSR count). The lowest BCUT2D eigenvalue weighted by Gasteiger charge is -2.35. The second kappa shape index (κ2) is 6.55. The van der Waals surface area contributed by atoms with Crippen molar-refractivity contribution in [3.8, 4) is 11.3 Å². The van der Waals surface area contributed by atoms with E-state index in [2.05, 4.69) is 19.0 Å². The number of likely N-dealkylation sites (tertiary alicyclic amines) is 1. The molecule has 0 spiro atoms. The molecule has 1 amide bonds. The molecule has 24 heavy (non-hydrogen) atoms. The third-order valence-corrected chi connectivity index (χ3v) is 4.75. The molecule has 2 atom stereocenters. The summed E-state index contributed by atoms with van der Waals surface area (Å²) in [5, 5.41) is 4.12. The zero-order valence-electron chi connectivity index (χ0n) is 14.0. The van der Waals surface area contributed by atoms with Gasteiger partial charge in [-0.2, -0.15) is 0 Å². The van der Waals surface area contributed by atoms with Crippen molar-refractivity contribution in [1.29, 1.82) is 0 Å². The SMILES string of the molecule is Cc1onc(-c2c(F)cccc2Cl)c1C(=O)N1CC(C)CC(C)C1. The number of nitrogens with zero attached hydrogens (tertiary/aromatic N) is 2. The Morgan fingerprint density at radius 2 is 2.00 bits per heavy atom. The van der Waals surface area contributed by atoms with Gasteiger partial charge in [-0.1, -0.05) is 36.7 Å². The second-order valence-corrected chi connectivity index (χ2v) is 7.12. The van der Waals surface area contributed by atoms with Gasteiger partial charge in [0.25, 0.3) is 5.91 Å². The fraction of sp³-hybridized carbons (Fsp3) is 0.444. The van der Waals surface area contributed by atoms with Gasteiger partial charge in [0.15, 0.2) is 0 Å². The fourth-order valence-corrected chi connectivity index (χ4v) is 3.76. The lowest BCUT2D eigenvalue weighted by Crippen LogP contribution is -2.42. The van der Waals surface area contributed by atoms with Crippen LogP contribution in [0.3, 0.4) is 0 Å². The van der Waals surface area contributed by atoms with Crippen LogP contribution in [0.15, 0.2) is 22.7 Å². The summed E-state index contributed by atoms with van der Waals surface area (Å²) in [6, 6.07) is 4.39. The van der Waals surface area contributed by atoms with Gasteiger partial charge >= 0.3 is 0 Å². The van der Waals surface area contributed by atoms with E-state index in [1.165, 1.54) is 12.1 Å².